The number of carbonyl (C=O) groups excluding carboxylic acids is 1. The van der Waals surface area contributed by atoms with Gasteiger partial charge < -0.3 is 10.4 Å². The third-order valence-corrected chi connectivity index (χ3v) is 4.34. The number of piperidine rings is 1. The molecule has 0 saturated carbocycles. The van der Waals surface area contributed by atoms with Gasteiger partial charge in [-0.15, -0.1) is 0 Å². The highest BCUT2D eigenvalue weighted by Gasteiger charge is 2.27. The van der Waals surface area contributed by atoms with E-state index in [2.05, 4.69) is 15.3 Å². The van der Waals surface area contributed by atoms with Gasteiger partial charge in [0.1, 0.15) is 0 Å². The highest BCUT2D eigenvalue weighted by atomic mass is 16.3. The van der Waals surface area contributed by atoms with Crippen LogP contribution in [-0.4, -0.2) is 51.4 Å². The summed E-state index contributed by atoms with van der Waals surface area (Å²) < 4.78 is 1.73. The van der Waals surface area contributed by atoms with Gasteiger partial charge in [-0.2, -0.15) is 5.10 Å². The van der Waals surface area contributed by atoms with Crippen LogP contribution in [0.4, 0.5) is 5.69 Å². The predicted octanol–water partition coefficient (Wildman–Crippen LogP) is 1.59. The largest absolute Gasteiger partial charge is 0.390 e. The number of benzene rings is 1. The number of hydrogen-bond donors (Lipinski definition) is 2. The van der Waals surface area contributed by atoms with E-state index in [0.717, 1.165) is 25.1 Å². The number of nitrogens with zero attached hydrogens (tertiary/aromatic N) is 3. The normalized spacial score (nSPS) is 19.8. The minimum atomic E-state index is -0.485. The molecule has 0 aliphatic carbocycles. The van der Waals surface area contributed by atoms with E-state index in [1.807, 2.05) is 42.6 Å². The Morgan fingerprint density at radius 1 is 1.29 bits per heavy atom. The fourth-order valence-corrected chi connectivity index (χ4v) is 3.18. The van der Waals surface area contributed by atoms with Gasteiger partial charge in [0.2, 0.25) is 5.91 Å². The van der Waals surface area contributed by atoms with Crippen molar-refractivity contribution in [3.8, 4) is 0 Å². The summed E-state index contributed by atoms with van der Waals surface area (Å²) in [6.07, 6.45) is 4.93. The Bertz CT molecular complexity index is 630. The number of hydrogen-bond acceptors (Lipinski definition) is 4. The first-order valence-corrected chi connectivity index (χ1v) is 8.44. The van der Waals surface area contributed by atoms with Gasteiger partial charge in [0, 0.05) is 31.2 Å². The summed E-state index contributed by atoms with van der Waals surface area (Å²) in [4.78, 5) is 14.6. The lowest BCUT2D eigenvalue weighted by Crippen LogP contribution is -2.44. The highest BCUT2D eigenvalue weighted by molar-refractivity contribution is 5.92. The Kier molecular flexibility index (Phi) is 5.61. The first kappa shape index (κ1) is 16.7. The van der Waals surface area contributed by atoms with Crippen molar-refractivity contribution in [2.45, 2.75) is 25.5 Å². The molecule has 2 unspecified atom stereocenters. The standard InChI is InChI=1S/C18H24N4O2/c23-17(14-22-11-5-9-19-22)13-21-10-4-6-15(12-21)18(24)20-16-7-2-1-3-8-16/h1-3,5,7-9,11,15,17,23H,4,6,10,12-14H2,(H,20,24). The van der Waals surface area contributed by atoms with Gasteiger partial charge in [-0.25, -0.2) is 0 Å². The Balaban J connectivity index is 1.49. The Morgan fingerprint density at radius 2 is 2.12 bits per heavy atom. The molecule has 1 aliphatic rings. The van der Waals surface area contributed by atoms with Gasteiger partial charge in [-0.05, 0) is 37.6 Å². The first-order chi connectivity index (χ1) is 11.7. The smallest absolute Gasteiger partial charge is 0.228 e. The van der Waals surface area contributed by atoms with E-state index in [9.17, 15) is 9.90 Å². The maximum absolute atomic E-state index is 12.4. The number of nitrogens with one attached hydrogen (secondary N) is 1. The number of aliphatic hydroxyl groups is 1. The number of aliphatic hydroxyl groups excluding tert-OH is 1. The van der Waals surface area contributed by atoms with E-state index in [4.69, 9.17) is 0 Å². The van der Waals surface area contributed by atoms with Gasteiger partial charge in [0.15, 0.2) is 0 Å². The summed E-state index contributed by atoms with van der Waals surface area (Å²) >= 11 is 0. The molecule has 128 valence electrons. The average molecular weight is 328 g/mol. The number of anilines is 1. The Morgan fingerprint density at radius 3 is 2.88 bits per heavy atom. The molecule has 1 fully saturated rings. The van der Waals surface area contributed by atoms with Crippen LogP contribution >= 0.6 is 0 Å². The Labute approximate surface area is 142 Å². The number of likely N-dealkylation sites (tertiary alicyclic amines) is 1. The van der Waals surface area contributed by atoms with E-state index >= 15 is 0 Å². The third kappa shape index (κ3) is 4.66. The lowest BCUT2D eigenvalue weighted by Gasteiger charge is -2.33. The van der Waals surface area contributed by atoms with Crippen molar-refractivity contribution in [3.63, 3.8) is 0 Å². The third-order valence-electron chi connectivity index (χ3n) is 4.34. The van der Waals surface area contributed by atoms with Crippen LogP contribution in [0.2, 0.25) is 0 Å². The van der Waals surface area contributed by atoms with Crippen molar-refractivity contribution in [2.75, 3.05) is 25.0 Å². The summed E-state index contributed by atoms with van der Waals surface area (Å²) in [5.41, 5.74) is 0.832. The maximum atomic E-state index is 12.4. The topological polar surface area (TPSA) is 70.4 Å². The van der Waals surface area contributed by atoms with Crippen LogP contribution in [0.1, 0.15) is 12.8 Å². The molecular weight excluding hydrogens is 304 g/mol. The zero-order chi connectivity index (χ0) is 16.8. The highest BCUT2D eigenvalue weighted by Crippen LogP contribution is 2.19. The summed E-state index contributed by atoms with van der Waals surface area (Å²) in [6, 6.07) is 11.4. The molecule has 0 bridgehead atoms. The van der Waals surface area contributed by atoms with E-state index in [-0.39, 0.29) is 11.8 Å². The molecule has 2 aromatic rings. The molecule has 1 amide bonds. The van der Waals surface area contributed by atoms with Crippen LogP contribution in [0.5, 0.6) is 0 Å². The summed E-state index contributed by atoms with van der Waals surface area (Å²) in [6.45, 7) is 2.65. The van der Waals surface area contributed by atoms with Crippen LogP contribution in [0.3, 0.4) is 0 Å². The second-order valence-electron chi connectivity index (χ2n) is 6.34. The van der Waals surface area contributed by atoms with Crippen molar-refractivity contribution in [3.05, 3.63) is 48.8 Å². The number of para-hydroxylation sites is 1. The van der Waals surface area contributed by atoms with Gasteiger partial charge in [0.05, 0.1) is 18.6 Å². The second-order valence-corrected chi connectivity index (χ2v) is 6.34. The lowest BCUT2D eigenvalue weighted by molar-refractivity contribution is -0.121. The molecule has 2 atom stereocenters. The summed E-state index contributed by atoms with van der Waals surface area (Å²) in [5, 5.41) is 17.3. The van der Waals surface area contributed by atoms with Crippen molar-refractivity contribution >= 4 is 11.6 Å². The minimum absolute atomic E-state index is 0.0316. The summed E-state index contributed by atoms with van der Waals surface area (Å²) in [7, 11) is 0. The van der Waals surface area contributed by atoms with Crippen LogP contribution in [0.15, 0.2) is 48.8 Å². The molecule has 6 heteroatoms. The second kappa shape index (κ2) is 8.08. The van der Waals surface area contributed by atoms with E-state index in [1.54, 1.807) is 10.9 Å². The lowest BCUT2D eigenvalue weighted by atomic mass is 9.96. The average Bonchev–Trinajstić information content (AvgIpc) is 3.09. The molecule has 1 aromatic heterocycles. The molecule has 1 aliphatic heterocycles. The minimum Gasteiger partial charge on any atom is -0.390 e. The Hall–Kier alpha value is -2.18. The number of carbonyl (C=O) groups is 1. The summed E-state index contributed by atoms with van der Waals surface area (Å²) in [5.74, 6) is 0.0309. The van der Waals surface area contributed by atoms with Gasteiger partial charge in [0.25, 0.3) is 0 Å². The van der Waals surface area contributed by atoms with E-state index < -0.39 is 6.10 Å². The zero-order valence-electron chi connectivity index (χ0n) is 13.7. The van der Waals surface area contributed by atoms with E-state index in [1.165, 1.54) is 0 Å². The van der Waals surface area contributed by atoms with Crippen LogP contribution < -0.4 is 5.32 Å². The SMILES string of the molecule is O=C(Nc1ccccc1)C1CCCN(CC(O)Cn2cccn2)C1. The number of aromatic nitrogens is 2. The fraction of sp³-hybridized carbons (Fsp3) is 0.444. The van der Waals surface area contributed by atoms with Crippen molar-refractivity contribution < 1.29 is 9.90 Å². The zero-order valence-corrected chi connectivity index (χ0v) is 13.7. The number of β-amino-alcohol motifs (C(OH)–C–C–N with tert-alkyl or cyclic N) is 1. The molecule has 2 N–H and O–H groups in total. The molecular formula is C18H24N4O2. The van der Waals surface area contributed by atoms with Crippen LogP contribution in [0.25, 0.3) is 0 Å². The van der Waals surface area contributed by atoms with Gasteiger partial charge >= 0.3 is 0 Å². The fourth-order valence-electron chi connectivity index (χ4n) is 3.18. The molecule has 2 heterocycles. The van der Waals surface area contributed by atoms with Crippen molar-refractivity contribution in [2.24, 2.45) is 5.92 Å². The first-order valence-electron chi connectivity index (χ1n) is 8.44. The van der Waals surface area contributed by atoms with Crippen LogP contribution in [-0.2, 0) is 11.3 Å². The molecule has 0 spiro atoms. The molecule has 3 rings (SSSR count). The quantitative estimate of drug-likeness (QED) is 0.845. The molecule has 1 saturated heterocycles. The van der Waals surface area contributed by atoms with Crippen molar-refractivity contribution in [1.82, 2.24) is 14.7 Å². The monoisotopic (exact) mass is 328 g/mol. The van der Waals surface area contributed by atoms with Crippen molar-refractivity contribution in [1.29, 1.82) is 0 Å². The molecule has 6 nitrogen and oxygen atoms in total. The number of amides is 1. The van der Waals surface area contributed by atoms with E-state index in [0.29, 0.717) is 19.6 Å². The molecule has 1 aromatic carbocycles. The van der Waals surface area contributed by atoms with Gasteiger partial charge in [-0.1, -0.05) is 18.2 Å². The predicted molar refractivity (Wildman–Crippen MR) is 92.5 cm³/mol. The maximum Gasteiger partial charge on any atom is 0.228 e. The molecule has 24 heavy (non-hydrogen) atoms. The number of rotatable bonds is 6. The van der Waals surface area contributed by atoms with Crippen LogP contribution in [0, 0.1) is 5.92 Å². The molecule has 0 radical (unpaired) electrons. The van der Waals surface area contributed by atoms with Gasteiger partial charge in [-0.3, -0.25) is 14.4 Å².